The third-order valence-electron chi connectivity index (χ3n) is 14.1. The Balaban J connectivity index is 1.46. The fraction of sp³-hybridized carbons (Fsp3) is 0.714. The minimum atomic E-state index is -0.330. The summed E-state index contributed by atoms with van der Waals surface area (Å²) >= 11 is 0. The zero-order valence-corrected chi connectivity index (χ0v) is 25.8. The van der Waals surface area contributed by atoms with E-state index in [1.165, 1.54) is 35.2 Å². The van der Waals surface area contributed by atoms with E-state index in [-0.39, 0.29) is 38.4 Å². The summed E-state index contributed by atoms with van der Waals surface area (Å²) in [5.74, 6) is 2.10. The molecule has 4 N–H and O–H groups in total. The Hall–Kier alpha value is -2.30. The van der Waals surface area contributed by atoms with Crippen molar-refractivity contribution in [3.05, 3.63) is 40.9 Å². The molecule has 5 aliphatic carbocycles. The van der Waals surface area contributed by atoms with Crippen LogP contribution in [0.4, 0.5) is 5.82 Å². The number of nitrogens with two attached hydrogens (primary N) is 1. The number of fused-ring (bicyclic) bond motifs is 8. The van der Waals surface area contributed by atoms with Gasteiger partial charge in [0.1, 0.15) is 5.82 Å². The van der Waals surface area contributed by atoms with Gasteiger partial charge in [-0.1, -0.05) is 54.0 Å². The van der Waals surface area contributed by atoms with Crippen LogP contribution in [0.3, 0.4) is 0 Å². The number of aromatic nitrogens is 3. The predicted octanol–water partition coefficient (Wildman–Crippen LogP) is 7.77. The monoisotopic (exact) mass is 541 g/mol. The molecule has 0 saturated heterocycles. The smallest absolute Gasteiger partial charge is 0.205 e. The molecule has 5 nitrogen and oxygen atoms in total. The van der Waals surface area contributed by atoms with Crippen molar-refractivity contribution >= 4 is 17.7 Å². The summed E-state index contributed by atoms with van der Waals surface area (Å²) in [5.41, 5.74) is 13.7. The Morgan fingerprint density at radius 1 is 1.00 bits per heavy atom. The van der Waals surface area contributed by atoms with Crippen LogP contribution in [-0.2, 0) is 16.6 Å². The Kier molecular flexibility index (Phi) is 5.29. The van der Waals surface area contributed by atoms with Crippen LogP contribution in [0.1, 0.15) is 117 Å². The highest BCUT2D eigenvalue weighted by molar-refractivity contribution is 5.75. The lowest BCUT2D eigenvalue weighted by Gasteiger charge is -2.71. The summed E-state index contributed by atoms with van der Waals surface area (Å²) in [7, 11) is 0. The summed E-state index contributed by atoms with van der Waals surface area (Å²) in [6.45, 7) is 17.5. The fourth-order valence-corrected chi connectivity index (χ4v) is 11.8. The van der Waals surface area contributed by atoms with Crippen LogP contribution in [0.25, 0.3) is 5.57 Å². The number of anilines is 1. The maximum absolute atomic E-state index is 12.9. The normalized spacial score (nSPS) is 43.1. The molecule has 0 amide bonds. The van der Waals surface area contributed by atoms with Crippen LogP contribution >= 0.6 is 0 Å². The number of hydrogen-bond donors (Lipinski definition) is 3. The number of allylic oxidation sites excluding steroid dienone is 2. The van der Waals surface area contributed by atoms with Crippen LogP contribution < -0.4 is 5.73 Å². The van der Waals surface area contributed by atoms with E-state index in [2.05, 4.69) is 83.3 Å². The fourth-order valence-electron chi connectivity index (χ4n) is 11.8. The molecule has 2 aromatic rings. The first-order valence-electron chi connectivity index (χ1n) is 15.8. The molecular formula is C35H49N4O. The number of nitrogen functional groups attached to an aromatic ring is 1. The lowest BCUT2D eigenvalue weighted by atomic mass is 9.33. The van der Waals surface area contributed by atoms with Crippen LogP contribution in [0, 0.1) is 44.8 Å². The molecule has 7 rings (SSSR count). The summed E-state index contributed by atoms with van der Waals surface area (Å²) in [6, 6.07) is 2.28. The van der Waals surface area contributed by atoms with Gasteiger partial charge in [0.15, 0.2) is 0 Å². The van der Waals surface area contributed by atoms with E-state index in [9.17, 15) is 4.79 Å². The Morgan fingerprint density at radius 3 is 2.45 bits per heavy atom. The number of hydrogen-bond acceptors (Lipinski definition) is 3. The summed E-state index contributed by atoms with van der Waals surface area (Å²) in [5, 5.41) is 7.92. The molecule has 2 aromatic heterocycles. The molecule has 0 aromatic carbocycles. The first kappa shape index (κ1) is 26.6. The van der Waals surface area contributed by atoms with Crippen molar-refractivity contribution in [1.82, 2.24) is 15.2 Å². The van der Waals surface area contributed by atoms with Gasteiger partial charge >= 0.3 is 0 Å². The lowest BCUT2D eigenvalue weighted by molar-refractivity contribution is -0.153. The molecule has 7 unspecified atom stereocenters. The third kappa shape index (κ3) is 3.10. The number of aromatic amines is 2. The number of carbonyl (C=O) groups excluding carboxylic acids is 1. The summed E-state index contributed by atoms with van der Waals surface area (Å²) in [6.07, 6.45) is 16.8. The topological polar surface area (TPSA) is 87.6 Å². The number of nitrogens with one attached hydrogen (secondary N) is 2. The van der Waals surface area contributed by atoms with Gasteiger partial charge in [0.05, 0.1) is 5.69 Å². The molecule has 40 heavy (non-hydrogen) atoms. The van der Waals surface area contributed by atoms with Crippen molar-refractivity contribution < 1.29 is 4.79 Å². The largest absolute Gasteiger partial charge is 0.384 e. The van der Waals surface area contributed by atoms with E-state index in [1.54, 1.807) is 5.57 Å². The van der Waals surface area contributed by atoms with Crippen molar-refractivity contribution in [3.63, 3.8) is 0 Å². The van der Waals surface area contributed by atoms with E-state index in [1.807, 2.05) is 0 Å². The quantitative estimate of drug-likeness (QED) is 0.363. The average Bonchev–Trinajstić information content (AvgIpc) is 3.55. The van der Waals surface area contributed by atoms with Gasteiger partial charge < -0.3 is 10.7 Å². The van der Waals surface area contributed by atoms with E-state index in [0.717, 1.165) is 50.8 Å². The van der Waals surface area contributed by atoms with Crippen molar-refractivity contribution in [2.75, 3.05) is 5.73 Å². The SMILES string of the molecule is CC1(C)CCC2([C]=O)CCC3(C)C(=C(c4cc[nH]c4)CC4C5(C)Cc6c(n[nH]c6N)C(C)(C)C5CCC43C)C2C1. The lowest BCUT2D eigenvalue weighted by Crippen LogP contribution is -2.64. The maximum Gasteiger partial charge on any atom is 0.205 e. The van der Waals surface area contributed by atoms with Crippen molar-refractivity contribution in [3.8, 4) is 0 Å². The Bertz CT molecular complexity index is 1400. The summed E-state index contributed by atoms with van der Waals surface area (Å²) < 4.78 is 0. The van der Waals surface area contributed by atoms with Crippen LogP contribution in [0.2, 0.25) is 0 Å². The molecule has 0 aliphatic heterocycles. The predicted molar refractivity (Wildman–Crippen MR) is 161 cm³/mol. The highest BCUT2D eigenvalue weighted by Crippen LogP contribution is 2.77. The molecule has 3 fully saturated rings. The molecule has 3 saturated carbocycles. The highest BCUT2D eigenvalue weighted by Gasteiger charge is 2.69. The van der Waals surface area contributed by atoms with Crippen LogP contribution in [0.5, 0.6) is 0 Å². The standard InChI is InChI=1S/C35H49N4O/c1-30(2)11-13-35(20-40)14-12-34(7)27(24(35)18-30)22(21-9-15-37-19-21)16-26-32(5)17-23-28(38-39-29(23)36)31(3,4)25(32)8-10-33(26,34)6/h9,15,19,24-26,37H,8,10-14,16-18H2,1-7H3,(H3,36,38,39). The second kappa shape index (κ2) is 7.95. The van der Waals surface area contributed by atoms with Gasteiger partial charge in [0.2, 0.25) is 6.29 Å². The number of H-pyrrole nitrogens is 2. The minimum Gasteiger partial charge on any atom is -0.384 e. The molecule has 215 valence electrons. The molecule has 1 radical (unpaired) electrons. The number of nitrogens with zero attached hydrogens (tertiary/aromatic N) is 1. The Morgan fingerprint density at radius 2 is 1.75 bits per heavy atom. The second-order valence-corrected chi connectivity index (χ2v) is 16.6. The van der Waals surface area contributed by atoms with Crippen molar-refractivity contribution in [2.24, 2.45) is 44.8 Å². The molecule has 0 bridgehead atoms. The van der Waals surface area contributed by atoms with E-state index in [4.69, 9.17) is 10.8 Å². The van der Waals surface area contributed by atoms with Gasteiger partial charge in [-0.25, -0.2) is 0 Å². The van der Waals surface area contributed by atoms with Crippen LogP contribution in [-0.4, -0.2) is 21.5 Å². The van der Waals surface area contributed by atoms with E-state index in [0.29, 0.717) is 11.8 Å². The molecule has 7 atom stereocenters. The van der Waals surface area contributed by atoms with Gasteiger partial charge in [0.25, 0.3) is 0 Å². The van der Waals surface area contributed by atoms with Gasteiger partial charge in [0, 0.05) is 28.8 Å². The molecule has 0 spiro atoms. The molecule has 5 aliphatic rings. The third-order valence-corrected chi connectivity index (χ3v) is 14.1. The van der Waals surface area contributed by atoms with Crippen LogP contribution in [0.15, 0.2) is 24.0 Å². The van der Waals surface area contributed by atoms with Crippen molar-refractivity contribution in [1.29, 1.82) is 0 Å². The van der Waals surface area contributed by atoms with Gasteiger partial charge in [-0.3, -0.25) is 9.89 Å². The average molecular weight is 542 g/mol. The van der Waals surface area contributed by atoms with Gasteiger partial charge in [-0.15, -0.1) is 0 Å². The molecule has 5 heteroatoms. The summed E-state index contributed by atoms with van der Waals surface area (Å²) in [4.78, 5) is 16.3. The zero-order chi connectivity index (χ0) is 28.5. The highest BCUT2D eigenvalue weighted by atomic mass is 16.1. The van der Waals surface area contributed by atoms with Gasteiger partial charge in [-0.2, -0.15) is 5.10 Å². The molecular weight excluding hydrogens is 492 g/mol. The van der Waals surface area contributed by atoms with E-state index < -0.39 is 0 Å². The first-order valence-corrected chi connectivity index (χ1v) is 15.8. The first-order chi connectivity index (χ1) is 18.7. The van der Waals surface area contributed by atoms with Gasteiger partial charge in [-0.05, 0) is 114 Å². The van der Waals surface area contributed by atoms with Crippen molar-refractivity contribution in [2.45, 2.75) is 112 Å². The maximum atomic E-state index is 12.9. The number of rotatable bonds is 2. The molecule has 2 heterocycles. The minimum absolute atomic E-state index is 0.0292. The second-order valence-electron chi connectivity index (χ2n) is 16.6. The van der Waals surface area contributed by atoms with E-state index >= 15 is 0 Å². The Labute approximate surface area is 240 Å². The zero-order valence-electron chi connectivity index (χ0n) is 25.8.